The smallest absolute Gasteiger partial charge is 0.383 e. The summed E-state index contributed by atoms with van der Waals surface area (Å²) in [5.41, 5.74) is 1.06. The van der Waals surface area contributed by atoms with Gasteiger partial charge in [-0.15, -0.1) is 11.8 Å². The van der Waals surface area contributed by atoms with E-state index in [1.807, 2.05) is 66.9 Å². The standard InChI is InChI=1S/C35H35F5O2S/c1-32-20-29(23-9-5-21(6-10-23)3-4-22-7-13-26(43-2)14-8-22)31-27-16-12-25(41)19-24(27)11-15-28(31)30(32)17-18-33(32,42)34(36,37)35(38,39)40/h3-10,13-14,19,28-30,42H,11-12,15-18,20H2,1-2H3/b4-3+/t28-,29+,30-,32-,33-/m0/s1. The number of rotatable bonds is 5. The molecule has 6 rings (SSSR count). The molecule has 2 nitrogen and oxygen atoms in total. The van der Waals surface area contributed by atoms with E-state index in [4.69, 9.17) is 0 Å². The predicted octanol–water partition coefficient (Wildman–Crippen LogP) is 9.41. The number of allylic oxidation sites excluding steroid dienone is 4. The van der Waals surface area contributed by atoms with E-state index in [2.05, 4.69) is 0 Å². The number of aliphatic hydroxyl groups is 1. The summed E-state index contributed by atoms with van der Waals surface area (Å²) in [6.07, 6.45) is 3.38. The predicted molar refractivity (Wildman–Crippen MR) is 160 cm³/mol. The number of carbonyl (C=O) groups is 1. The normalized spacial score (nSPS) is 31.1. The number of fused-ring (bicyclic) bond motifs is 4. The summed E-state index contributed by atoms with van der Waals surface area (Å²) in [5.74, 6) is -6.36. The maximum absolute atomic E-state index is 15.2. The van der Waals surface area contributed by atoms with Gasteiger partial charge < -0.3 is 5.11 Å². The van der Waals surface area contributed by atoms with Crippen molar-refractivity contribution >= 4 is 29.7 Å². The summed E-state index contributed by atoms with van der Waals surface area (Å²) >= 11 is 1.67. The summed E-state index contributed by atoms with van der Waals surface area (Å²) in [5, 5.41) is 11.4. The highest BCUT2D eigenvalue weighted by Gasteiger charge is 2.79. The fraction of sp³-hybridized carbons (Fsp3) is 0.457. The van der Waals surface area contributed by atoms with Crippen molar-refractivity contribution in [2.75, 3.05) is 6.26 Å². The molecule has 0 heterocycles. The van der Waals surface area contributed by atoms with Crippen LogP contribution < -0.4 is 0 Å². The molecule has 0 aromatic heterocycles. The molecular weight excluding hydrogens is 579 g/mol. The molecule has 0 spiro atoms. The first-order valence-corrected chi connectivity index (χ1v) is 16.1. The number of hydrogen-bond donors (Lipinski definition) is 1. The second kappa shape index (κ2) is 10.7. The lowest BCUT2D eigenvalue weighted by atomic mass is 9.50. The fourth-order valence-corrected chi connectivity index (χ4v) is 8.87. The van der Waals surface area contributed by atoms with Gasteiger partial charge in [-0.25, -0.2) is 0 Å². The highest BCUT2D eigenvalue weighted by Crippen LogP contribution is 2.70. The first kappa shape index (κ1) is 30.3. The lowest BCUT2D eigenvalue weighted by Gasteiger charge is -2.56. The van der Waals surface area contributed by atoms with E-state index in [0.717, 1.165) is 33.4 Å². The van der Waals surface area contributed by atoms with E-state index >= 15 is 8.78 Å². The van der Waals surface area contributed by atoms with Crippen molar-refractivity contribution in [1.82, 2.24) is 0 Å². The maximum Gasteiger partial charge on any atom is 0.456 e. The molecular formula is C35H35F5O2S. The zero-order valence-electron chi connectivity index (χ0n) is 24.2. The molecule has 4 aliphatic carbocycles. The molecule has 0 unspecified atom stereocenters. The highest BCUT2D eigenvalue weighted by atomic mass is 32.2. The number of ketones is 1. The van der Waals surface area contributed by atoms with Gasteiger partial charge in [0.25, 0.3) is 0 Å². The van der Waals surface area contributed by atoms with E-state index < -0.39 is 41.4 Å². The Labute approximate surface area is 253 Å². The molecule has 2 saturated carbocycles. The van der Waals surface area contributed by atoms with E-state index in [-0.39, 0.29) is 24.5 Å². The van der Waals surface area contributed by atoms with Crippen LogP contribution in [-0.2, 0) is 4.79 Å². The van der Waals surface area contributed by atoms with Gasteiger partial charge in [-0.05, 0) is 103 Å². The summed E-state index contributed by atoms with van der Waals surface area (Å²) in [7, 11) is 0. The molecule has 0 radical (unpaired) electrons. The van der Waals surface area contributed by atoms with Crippen LogP contribution in [0, 0.1) is 17.3 Å². The van der Waals surface area contributed by atoms with Crippen LogP contribution in [0.15, 0.2) is 76.2 Å². The molecule has 2 aromatic carbocycles. The minimum absolute atomic E-state index is 0.0205. The van der Waals surface area contributed by atoms with Gasteiger partial charge in [0.1, 0.15) is 5.60 Å². The first-order chi connectivity index (χ1) is 20.3. The van der Waals surface area contributed by atoms with Crippen molar-refractivity contribution in [3.63, 3.8) is 0 Å². The van der Waals surface area contributed by atoms with Crippen molar-refractivity contribution in [3.05, 3.63) is 88.0 Å². The molecule has 43 heavy (non-hydrogen) atoms. The fourth-order valence-electron chi connectivity index (χ4n) is 8.46. The molecule has 0 aliphatic heterocycles. The molecule has 2 fully saturated rings. The maximum atomic E-state index is 15.2. The molecule has 0 bridgehead atoms. The molecule has 2 aromatic rings. The van der Waals surface area contributed by atoms with Crippen molar-refractivity contribution in [2.45, 2.75) is 80.4 Å². The third-order valence-corrected chi connectivity index (χ3v) is 11.4. The average molecular weight is 615 g/mol. The molecule has 5 atom stereocenters. The van der Waals surface area contributed by atoms with Crippen LogP contribution in [0.25, 0.3) is 12.2 Å². The summed E-state index contributed by atoms with van der Waals surface area (Å²) in [4.78, 5) is 13.4. The Kier molecular flexibility index (Phi) is 7.56. The molecule has 228 valence electrons. The monoisotopic (exact) mass is 614 g/mol. The third-order valence-electron chi connectivity index (χ3n) is 10.7. The van der Waals surface area contributed by atoms with Gasteiger partial charge in [0, 0.05) is 22.6 Å². The quantitative estimate of drug-likeness (QED) is 0.207. The van der Waals surface area contributed by atoms with Crippen molar-refractivity contribution < 1.29 is 31.9 Å². The van der Waals surface area contributed by atoms with Crippen molar-refractivity contribution in [1.29, 1.82) is 0 Å². The number of carbonyl (C=O) groups excluding carboxylic acids is 1. The van der Waals surface area contributed by atoms with E-state index in [0.29, 0.717) is 25.7 Å². The van der Waals surface area contributed by atoms with Crippen molar-refractivity contribution in [2.24, 2.45) is 17.3 Å². The van der Waals surface area contributed by atoms with Crippen LogP contribution in [0.5, 0.6) is 0 Å². The Hall–Kier alpha value is -2.71. The third kappa shape index (κ3) is 4.84. The number of alkyl halides is 5. The van der Waals surface area contributed by atoms with Crippen LogP contribution in [0.4, 0.5) is 22.0 Å². The number of halogens is 5. The highest BCUT2D eigenvalue weighted by molar-refractivity contribution is 7.98. The van der Waals surface area contributed by atoms with Gasteiger partial charge in [-0.1, -0.05) is 61.0 Å². The van der Waals surface area contributed by atoms with Gasteiger partial charge in [0.15, 0.2) is 5.78 Å². The van der Waals surface area contributed by atoms with Crippen LogP contribution in [0.2, 0.25) is 0 Å². The zero-order chi connectivity index (χ0) is 30.8. The summed E-state index contributed by atoms with van der Waals surface area (Å²) in [6, 6.07) is 15.9. The SMILES string of the molecule is CSc1ccc(/C=C/c2ccc([C@H]3C[C@@]4(C)[C@@H](CC[C@@]4(O)C(F)(F)C(F)(F)F)[C@@H]4CCC5=CC(=O)CCC5=C43)cc2)cc1. The Morgan fingerprint density at radius 1 is 0.907 bits per heavy atom. The molecule has 0 saturated heterocycles. The second-order valence-corrected chi connectivity index (χ2v) is 13.6. The van der Waals surface area contributed by atoms with Gasteiger partial charge in [-0.2, -0.15) is 22.0 Å². The van der Waals surface area contributed by atoms with Gasteiger partial charge in [0.2, 0.25) is 0 Å². The van der Waals surface area contributed by atoms with Crippen LogP contribution in [-0.4, -0.2) is 34.8 Å². The molecule has 0 amide bonds. The van der Waals surface area contributed by atoms with Gasteiger partial charge in [-0.3, -0.25) is 4.79 Å². The zero-order valence-corrected chi connectivity index (χ0v) is 25.0. The van der Waals surface area contributed by atoms with Crippen LogP contribution >= 0.6 is 11.8 Å². The molecule has 4 aliphatic rings. The average Bonchev–Trinajstić information content (AvgIpc) is 3.26. The number of benzene rings is 2. The minimum atomic E-state index is -5.86. The van der Waals surface area contributed by atoms with E-state index in [1.54, 1.807) is 17.8 Å². The minimum Gasteiger partial charge on any atom is -0.383 e. The van der Waals surface area contributed by atoms with Gasteiger partial charge in [0.05, 0.1) is 0 Å². The number of thioether (sulfide) groups is 1. The van der Waals surface area contributed by atoms with E-state index in [1.165, 1.54) is 11.8 Å². The number of hydrogen-bond acceptors (Lipinski definition) is 3. The topological polar surface area (TPSA) is 37.3 Å². The van der Waals surface area contributed by atoms with Crippen LogP contribution in [0.1, 0.15) is 74.5 Å². The lowest BCUT2D eigenvalue weighted by molar-refractivity contribution is -0.362. The van der Waals surface area contributed by atoms with E-state index in [9.17, 15) is 23.1 Å². The Bertz CT molecular complexity index is 1500. The molecule has 1 N–H and O–H groups in total. The van der Waals surface area contributed by atoms with Crippen LogP contribution in [0.3, 0.4) is 0 Å². The Morgan fingerprint density at radius 2 is 1.53 bits per heavy atom. The molecule has 8 heteroatoms. The second-order valence-electron chi connectivity index (χ2n) is 12.7. The largest absolute Gasteiger partial charge is 0.456 e. The Balaban J connectivity index is 1.40. The lowest BCUT2D eigenvalue weighted by Crippen LogP contribution is -2.65. The van der Waals surface area contributed by atoms with Crippen molar-refractivity contribution in [3.8, 4) is 0 Å². The van der Waals surface area contributed by atoms with Gasteiger partial charge >= 0.3 is 12.1 Å². The Morgan fingerprint density at radius 3 is 2.14 bits per heavy atom. The first-order valence-electron chi connectivity index (χ1n) is 14.8. The summed E-state index contributed by atoms with van der Waals surface area (Å²) < 4.78 is 71.7. The summed E-state index contributed by atoms with van der Waals surface area (Å²) in [6.45, 7) is 1.45.